The molecule has 2 aromatic carbocycles. The van der Waals surface area contributed by atoms with Crippen LogP contribution in [0.1, 0.15) is 30.3 Å². The first-order valence-electron chi connectivity index (χ1n) is 8.47. The van der Waals surface area contributed by atoms with Gasteiger partial charge in [-0.1, -0.05) is 24.3 Å². The second-order valence-electron chi connectivity index (χ2n) is 6.18. The minimum atomic E-state index is -0.220. The Hall–Kier alpha value is -2.21. The maximum atomic E-state index is 13.0. The van der Waals surface area contributed by atoms with Gasteiger partial charge < -0.3 is 10.6 Å². The first kappa shape index (κ1) is 21.1. The van der Waals surface area contributed by atoms with Gasteiger partial charge in [0.2, 0.25) is 5.91 Å². The summed E-state index contributed by atoms with van der Waals surface area (Å²) in [6, 6.07) is 18.7. The molecule has 1 heterocycles. The molecule has 0 aliphatic carbocycles. The zero-order valence-corrected chi connectivity index (χ0v) is 16.8. The summed E-state index contributed by atoms with van der Waals surface area (Å²) in [5.74, 6) is -0.294. The van der Waals surface area contributed by atoms with Crippen LogP contribution in [0.25, 0.3) is 10.4 Å². The molecule has 0 aliphatic heterocycles. The lowest BCUT2D eigenvalue weighted by Crippen LogP contribution is -2.17. The molecule has 1 aromatic heterocycles. The lowest BCUT2D eigenvalue weighted by Gasteiger charge is -2.15. The first-order chi connectivity index (χ1) is 12.5. The number of thiophene rings is 1. The highest BCUT2D eigenvalue weighted by molar-refractivity contribution is 7.15. The minimum absolute atomic E-state index is 0. The number of nitrogens with one attached hydrogen (secondary N) is 2. The van der Waals surface area contributed by atoms with E-state index in [2.05, 4.69) is 29.7 Å². The molecule has 1 unspecified atom stereocenters. The predicted molar refractivity (Wildman–Crippen MR) is 113 cm³/mol. The SMILES string of the molecule is CC(=O)Nc1cccc(C(C)NCc2ccc(-c3ccc(F)cc3)s2)c1.Cl. The summed E-state index contributed by atoms with van der Waals surface area (Å²) in [6.07, 6.45) is 0. The van der Waals surface area contributed by atoms with E-state index in [0.717, 1.165) is 28.2 Å². The van der Waals surface area contributed by atoms with Crippen LogP contribution in [0.2, 0.25) is 0 Å². The number of anilines is 1. The van der Waals surface area contributed by atoms with Crippen molar-refractivity contribution >= 4 is 35.3 Å². The Morgan fingerprint density at radius 3 is 2.56 bits per heavy atom. The van der Waals surface area contributed by atoms with Crippen molar-refractivity contribution in [1.82, 2.24) is 5.32 Å². The maximum Gasteiger partial charge on any atom is 0.221 e. The number of amides is 1. The fourth-order valence-corrected chi connectivity index (χ4v) is 3.67. The fourth-order valence-electron chi connectivity index (χ4n) is 2.70. The van der Waals surface area contributed by atoms with Gasteiger partial charge in [0.05, 0.1) is 0 Å². The van der Waals surface area contributed by atoms with Crippen molar-refractivity contribution in [2.75, 3.05) is 5.32 Å². The van der Waals surface area contributed by atoms with E-state index in [9.17, 15) is 9.18 Å². The van der Waals surface area contributed by atoms with E-state index in [1.165, 1.54) is 23.9 Å². The van der Waals surface area contributed by atoms with E-state index in [0.29, 0.717) is 0 Å². The average Bonchev–Trinajstić information content (AvgIpc) is 3.09. The van der Waals surface area contributed by atoms with Gasteiger partial charge in [-0.15, -0.1) is 23.7 Å². The van der Waals surface area contributed by atoms with Crippen LogP contribution in [0.4, 0.5) is 10.1 Å². The van der Waals surface area contributed by atoms with Crippen LogP contribution in [0.15, 0.2) is 60.7 Å². The van der Waals surface area contributed by atoms with Crippen LogP contribution >= 0.6 is 23.7 Å². The Balaban J connectivity index is 0.00000261. The molecule has 1 amide bonds. The summed E-state index contributed by atoms with van der Waals surface area (Å²) < 4.78 is 13.0. The third-order valence-electron chi connectivity index (χ3n) is 4.08. The van der Waals surface area contributed by atoms with Crippen molar-refractivity contribution in [3.63, 3.8) is 0 Å². The second-order valence-corrected chi connectivity index (χ2v) is 7.35. The number of carbonyl (C=O) groups is 1. The normalized spacial score (nSPS) is 11.5. The molecule has 0 saturated heterocycles. The van der Waals surface area contributed by atoms with E-state index in [1.54, 1.807) is 23.5 Å². The molecule has 0 saturated carbocycles. The summed E-state index contributed by atoms with van der Waals surface area (Å²) in [5, 5.41) is 6.32. The van der Waals surface area contributed by atoms with Gasteiger partial charge in [-0.25, -0.2) is 4.39 Å². The minimum Gasteiger partial charge on any atom is -0.326 e. The lowest BCUT2D eigenvalue weighted by atomic mass is 10.1. The van der Waals surface area contributed by atoms with Crippen molar-refractivity contribution in [3.8, 4) is 10.4 Å². The molecular formula is C21H22ClFN2OS. The Kier molecular flexibility index (Phi) is 7.54. The summed E-state index contributed by atoms with van der Waals surface area (Å²) in [6.45, 7) is 4.35. The van der Waals surface area contributed by atoms with E-state index in [1.807, 2.05) is 24.3 Å². The maximum absolute atomic E-state index is 13.0. The highest BCUT2D eigenvalue weighted by Crippen LogP contribution is 2.28. The lowest BCUT2D eigenvalue weighted by molar-refractivity contribution is -0.114. The number of hydrogen-bond donors (Lipinski definition) is 2. The molecule has 142 valence electrons. The van der Waals surface area contributed by atoms with Gasteiger partial charge in [0.25, 0.3) is 0 Å². The van der Waals surface area contributed by atoms with Crippen LogP contribution in [-0.2, 0) is 11.3 Å². The highest BCUT2D eigenvalue weighted by atomic mass is 35.5. The molecule has 3 rings (SSSR count). The van der Waals surface area contributed by atoms with Crippen molar-refractivity contribution in [2.24, 2.45) is 0 Å². The predicted octanol–water partition coefficient (Wildman–Crippen LogP) is 5.79. The van der Waals surface area contributed by atoms with Crippen molar-refractivity contribution in [1.29, 1.82) is 0 Å². The van der Waals surface area contributed by atoms with E-state index < -0.39 is 0 Å². The topological polar surface area (TPSA) is 41.1 Å². The quantitative estimate of drug-likeness (QED) is 0.546. The molecule has 0 bridgehead atoms. The highest BCUT2D eigenvalue weighted by Gasteiger charge is 2.08. The van der Waals surface area contributed by atoms with Crippen LogP contribution in [-0.4, -0.2) is 5.91 Å². The van der Waals surface area contributed by atoms with Crippen molar-refractivity contribution < 1.29 is 9.18 Å². The molecule has 3 aromatic rings. The molecule has 1 atom stereocenters. The third-order valence-corrected chi connectivity index (χ3v) is 5.21. The molecule has 0 spiro atoms. The monoisotopic (exact) mass is 404 g/mol. The standard InChI is InChI=1S/C21H21FN2OS.ClH/c1-14(17-4-3-5-19(12-17)24-15(2)25)23-13-20-10-11-21(26-20)16-6-8-18(22)9-7-16;/h3-12,14,23H,13H2,1-2H3,(H,24,25);1H. The molecule has 0 aliphatic rings. The molecule has 3 nitrogen and oxygen atoms in total. The Morgan fingerprint density at radius 2 is 1.85 bits per heavy atom. The van der Waals surface area contributed by atoms with Gasteiger partial charge in [0.1, 0.15) is 5.82 Å². The van der Waals surface area contributed by atoms with E-state index >= 15 is 0 Å². The smallest absolute Gasteiger partial charge is 0.221 e. The summed E-state index contributed by atoms with van der Waals surface area (Å²) in [5.41, 5.74) is 2.95. The fraction of sp³-hybridized carbons (Fsp3) is 0.190. The van der Waals surface area contributed by atoms with E-state index in [-0.39, 0.29) is 30.2 Å². The van der Waals surface area contributed by atoms with Gasteiger partial charge >= 0.3 is 0 Å². The van der Waals surface area contributed by atoms with Crippen LogP contribution in [0.3, 0.4) is 0 Å². The zero-order valence-electron chi connectivity index (χ0n) is 15.2. The average molecular weight is 405 g/mol. The van der Waals surface area contributed by atoms with Gasteiger partial charge in [-0.05, 0) is 54.4 Å². The summed E-state index contributed by atoms with van der Waals surface area (Å²) in [4.78, 5) is 13.5. The van der Waals surface area contributed by atoms with Gasteiger partial charge in [-0.2, -0.15) is 0 Å². The Morgan fingerprint density at radius 1 is 1.11 bits per heavy atom. The van der Waals surface area contributed by atoms with Crippen molar-refractivity contribution in [2.45, 2.75) is 26.4 Å². The molecule has 0 radical (unpaired) electrons. The first-order valence-corrected chi connectivity index (χ1v) is 9.28. The van der Waals surface area contributed by atoms with Crippen LogP contribution in [0, 0.1) is 5.82 Å². The number of hydrogen-bond acceptors (Lipinski definition) is 3. The second kappa shape index (κ2) is 9.65. The number of rotatable bonds is 6. The van der Waals surface area contributed by atoms with Gasteiger partial charge in [-0.3, -0.25) is 4.79 Å². The van der Waals surface area contributed by atoms with Gasteiger partial charge in [0.15, 0.2) is 0 Å². The van der Waals surface area contributed by atoms with Crippen molar-refractivity contribution in [3.05, 3.63) is 76.9 Å². The number of carbonyl (C=O) groups excluding carboxylic acids is 1. The molecular weight excluding hydrogens is 383 g/mol. The number of halogens is 2. The van der Waals surface area contributed by atoms with E-state index in [4.69, 9.17) is 0 Å². The summed E-state index contributed by atoms with van der Waals surface area (Å²) >= 11 is 1.70. The van der Waals surface area contributed by atoms with Crippen LogP contribution < -0.4 is 10.6 Å². The van der Waals surface area contributed by atoms with Gasteiger partial charge in [0, 0.05) is 35.0 Å². The molecule has 2 N–H and O–H groups in total. The third kappa shape index (κ3) is 5.89. The summed E-state index contributed by atoms with van der Waals surface area (Å²) in [7, 11) is 0. The molecule has 6 heteroatoms. The largest absolute Gasteiger partial charge is 0.326 e. The molecule has 0 fully saturated rings. The Labute approximate surface area is 169 Å². The number of benzene rings is 2. The molecule has 27 heavy (non-hydrogen) atoms. The zero-order chi connectivity index (χ0) is 18.5. The van der Waals surface area contributed by atoms with Crippen LogP contribution in [0.5, 0.6) is 0 Å². The Bertz CT molecular complexity index is 895.